The zero-order valence-electron chi connectivity index (χ0n) is 18.4. The van der Waals surface area contributed by atoms with Crippen LogP contribution >= 0.6 is 23.2 Å². The number of Topliss-reactive ketones (excluding diaryl/α,β-unsaturated/α-hetero) is 2. The molecule has 2 aliphatic heterocycles. The summed E-state index contributed by atoms with van der Waals surface area (Å²) in [4.78, 5) is 39.3. The lowest BCUT2D eigenvalue weighted by atomic mass is 9.95. The third-order valence-electron chi connectivity index (χ3n) is 5.59. The molecule has 2 aromatic rings. The zero-order valence-corrected chi connectivity index (χ0v) is 19.9. The second-order valence-corrected chi connectivity index (χ2v) is 8.62. The van der Waals surface area contributed by atoms with Crippen LogP contribution in [0.15, 0.2) is 0 Å². The zero-order chi connectivity index (χ0) is 24.1. The van der Waals surface area contributed by atoms with Gasteiger partial charge in [-0.2, -0.15) is 0 Å². The van der Waals surface area contributed by atoms with E-state index < -0.39 is 12.6 Å². The number of carbonyl (C=O) groups excluding carboxylic acids is 2. The van der Waals surface area contributed by atoms with Crippen molar-refractivity contribution in [3.63, 3.8) is 0 Å². The molecule has 12 heteroatoms. The van der Waals surface area contributed by atoms with Crippen LogP contribution in [0.1, 0.15) is 41.8 Å². The lowest BCUT2D eigenvalue weighted by molar-refractivity contribution is -0.126. The van der Waals surface area contributed by atoms with Crippen molar-refractivity contribution in [3.05, 3.63) is 33.1 Å². The van der Waals surface area contributed by atoms with Crippen LogP contribution in [0.4, 0.5) is 11.6 Å². The normalized spacial score (nSPS) is 18.8. The van der Waals surface area contributed by atoms with Crippen LogP contribution in [0.3, 0.4) is 0 Å². The molecule has 0 bridgehead atoms. The molecule has 2 aliphatic rings. The highest BCUT2D eigenvalue weighted by Gasteiger charge is 2.30. The SMILES string of the molecule is Cc1nc(Cl)nc2c1CC(=O)[C@H](CC(=O)CO)N2.Cc1nc(Cl)nc2c1CC[C@H](CCO)N2. The molecule has 178 valence electrons. The Labute approximate surface area is 201 Å². The number of hydrogen-bond acceptors (Lipinski definition) is 10. The van der Waals surface area contributed by atoms with Gasteiger partial charge in [0.25, 0.3) is 0 Å². The lowest BCUT2D eigenvalue weighted by Gasteiger charge is -2.26. The average Bonchev–Trinajstić information content (AvgIpc) is 2.75. The van der Waals surface area contributed by atoms with Crippen LogP contribution in [0.5, 0.6) is 0 Å². The van der Waals surface area contributed by atoms with E-state index in [2.05, 4.69) is 30.6 Å². The molecular formula is C21H26Cl2N6O4. The molecule has 0 saturated carbocycles. The molecule has 0 radical (unpaired) electrons. The Morgan fingerprint density at radius 2 is 1.61 bits per heavy atom. The van der Waals surface area contributed by atoms with Crippen LogP contribution in [-0.2, 0) is 22.4 Å². The Morgan fingerprint density at radius 1 is 1.00 bits per heavy atom. The Hall–Kier alpha value is -2.40. The van der Waals surface area contributed by atoms with Gasteiger partial charge in [0, 0.05) is 48.0 Å². The number of anilines is 2. The summed E-state index contributed by atoms with van der Waals surface area (Å²) < 4.78 is 0. The largest absolute Gasteiger partial charge is 0.396 e. The number of aliphatic hydroxyl groups is 2. The maximum atomic E-state index is 11.9. The van der Waals surface area contributed by atoms with Crippen LogP contribution < -0.4 is 10.6 Å². The monoisotopic (exact) mass is 496 g/mol. The fourth-order valence-corrected chi connectivity index (χ4v) is 4.25. The molecule has 0 fully saturated rings. The molecule has 0 saturated heterocycles. The van der Waals surface area contributed by atoms with Gasteiger partial charge in [-0.25, -0.2) is 19.9 Å². The van der Waals surface area contributed by atoms with E-state index in [1.165, 1.54) is 0 Å². The summed E-state index contributed by atoms with van der Waals surface area (Å²) in [5.41, 5.74) is 3.45. The Balaban J connectivity index is 0.000000189. The number of carbonyl (C=O) groups is 2. The van der Waals surface area contributed by atoms with E-state index in [4.69, 9.17) is 33.4 Å². The molecule has 0 aromatic carbocycles. The highest BCUT2D eigenvalue weighted by molar-refractivity contribution is 6.28. The highest BCUT2D eigenvalue weighted by atomic mass is 35.5. The highest BCUT2D eigenvalue weighted by Crippen LogP contribution is 2.27. The van der Waals surface area contributed by atoms with Crippen molar-refractivity contribution < 1.29 is 19.8 Å². The van der Waals surface area contributed by atoms with Gasteiger partial charge in [-0.15, -0.1) is 0 Å². The topological polar surface area (TPSA) is 150 Å². The number of nitrogens with zero attached hydrogens (tertiary/aromatic N) is 4. The van der Waals surface area contributed by atoms with Crippen molar-refractivity contribution in [2.24, 2.45) is 0 Å². The molecular weight excluding hydrogens is 471 g/mol. The molecule has 33 heavy (non-hydrogen) atoms. The Morgan fingerprint density at radius 3 is 2.21 bits per heavy atom. The molecule has 2 atom stereocenters. The summed E-state index contributed by atoms with van der Waals surface area (Å²) in [7, 11) is 0. The van der Waals surface area contributed by atoms with E-state index in [0.29, 0.717) is 23.1 Å². The number of hydrogen-bond donors (Lipinski definition) is 4. The first-order chi connectivity index (χ1) is 15.7. The molecule has 0 amide bonds. The number of rotatable bonds is 5. The van der Waals surface area contributed by atoms with E-state index in [1.54, 1.807) is 6.92 Å². The molecule has 4 rings (SSSR count). The maximum Gasteiger partial charge on any atom is 0.224 e. The van der Waals surface area contributed by atoms with Crippen LogP contribution in [0.2, 0.25) is 10.6 Å². The van der Waals surface area contributed by atoms with Crippen molar-refractivity contribution in [1.29, 1.82) is 0 Å². The number of aliphatic hydroxyl groups excluding tert-OH is 2. The van der Waals surface area contributed by atoms with Gasteiger partial charge in [-0.3, -0.25) is 9.59 Å². The molecule has 0 unspecified atom stereocenters. The first-order valence-electron chi connectivity index (χ1n) is 10.6. The Bertz CT molecular complexity index is 1050. The van der Waals surface area contributed by atoms with Gasteiger partial charge < -0.3 is 20.8 Å². The van der Waals surface area contributed by atoms with Crippen molar-refractivity contribution in [3.8, 4) is 0 Å². The first-order valence-corrected chi connectivity index (χ1v) is 11.3. The Kier molecular flexibility index (Phi) is 8.52. The third kappa shape index (κ3) is 6.35. The molecule has 0 spiro atoms. The average molecular weight is 497 g/mol. The quantitative estimate of drug-likeness (QED) is 0.451. The van der Waals surface area contributed by atoms with Crippen LogP contribution in [0.25, 0.3) is 0 Å². The number of nitrogens with one attached hydrogen (secondary N) is 2. The minimum atomic E-state index is -0.650. The van der Waals surface area contributed by atoms with E-state index in [-0.39, 0.29) is 41.6 Å². The molecule has 0 aliphatic carbocycles. The van der Waals surface area contributed by atoms with E-state index in [1.807, 2.05) is 6.92 Å². The van der Waals surface area contributed by atoms with Gasteiger partial charge in [0.2, 0.25) is 10.6 Å². The van der Waals surface area contributed by atoms with Gasteiger partial charge in [-0.05, 0) is 56.3 Å². The number of halogens is 2. The fraction of sp³-hybridized carbons (Fsp3) is 0.524. The fourth-order valence-electron chi connectivity index (χ4n) is 3.83. The van der Waals surface area contributed by atoms with Gasteiger partial charge in [0.1, 0.15) is 18.2 Å². The summed E-state index contributed by atoms with van der Waals surface area (Å²) in [5, 5.41) is 24.1. The molecule has 4 N–H and O–H groups in total. The first kappa shape index (κ1) is 25.2. The summed E-state index contributed by atoms with van der Waals surface area (Å²) >= 11 is 11.5. The predicted octanol–water partition coefficient (Wildman–Crippen LogP) is 1.84. The number of aryl methyl sites for hydroxylation is 2. The van der Waals surface area contributed by atoms with Crippen LogP contribution in [0, 0.1) is 13.8 Å². The van der Waals surface area contributed by atoms with Crippen molar-refractivity contribution in [2.45, 2.75) is 58.0 Å². The summed E-state index contributed by atoms with van der Waals surface area (Å²) in [6.45, 7) is 3.33. The minimum absolute atomic E-state index is 0.0462. The second kappa shape index (κ2) is 11.1. The smallest absolute Gasteiger partial charge is 0.224 e. The van der Waals surface area contributed by atoms with Gasteiger partial charge in [-0.1, -0.05) is 0 Å². The summed E-state index contributed by atoms with van der Waals surface area (Å²) in [6.07, 6.45) is 2.85. The standard InChI is InChI=1S/C11H12ClN3O3.C10H14ClN3O/c1-5-7-3-9(18)8(2-6(17)4-16)14-10(7)15-11(12)13-5;1-6-8-3-2-7(4-5-15)13-9(8)14-10(11)12-6/h8,16H,2-4H2,1H3,(H,13,14,15);7,15H,2-5H2,1H3,(H,12,13,14)/t8-;7-/m01/s1. The maximum absolute atomic E-state index is 11.9. The number of ketones is 2. The summed E-state index contributed by atoms with van der Waals surface area (Å²) in [5.74, 6) is 0.819. The third-order valence-corrected chi connectivity index (χ3v) is 5.93. The number of fused-ring (bicyclic) bond motifs is 2. The van der Waals surface area contributed by atoms with Gasteiger partial charge >= 0.3 is 0 Å². The van der Waals surface area contributed by atoms with E-state index in [0.717, 1.165) is 36.3 Å². The van der Waals surface area contributed by atoms with E-state index in [9.17, 15) is 9.59 Å². The molecule has 4 heterocycles. The van der Waals surface area contributed by atoms with Gasteiger partial charge in [0.15, 0.2) is 11.6 Å². The van der Waals surface area contributed by atoms with Crippen molar-refractivity contribution >= 4 is 46.4 Å². The van der Waals surface area contributed by atoms with Gasteiger partial charge in [0.05, 0.1) is 6.04 Å². The van der Waals surface area contributed by atoms with Crippen LogP contribution in [-0.4, -0.2) is 67.0 Å². The lowest BCUT2D eigenvalue weighted by Crippen LogP contribution is -2.38. The predicted molar refractivity (Wildman–Crippen MR) is 124 cm³/mol. The molecule has 10 nitrogen and oxygen atoms in total. The van der Waals surface area contributed by atoms with E-state index >= 15 is 0 Å². The van der Waals surface area contributed by atoms with Crippen molar-refractivity contribution in [2.75, 3.05) is 23.8 Å². The molecule has 2 aromatic heterocycles. The summed E-state index contributed by atoms with van der Waals surface area (Å²) in [6, 6.07) is -0.351. The minimum Gasteiger partial charge on any atom is -0.396 e. The second-order valence-electron chi connectivity index (χ2n) is 7.94. The number of aromatic nitrogens is 4. The van der Waals surface area contributed by atoms with Crippen molar-refractivity contribution in [1.82, 2.24) is 19.9 Å².